The fourth-order valence-corrected chi connectivity index (χ4v) is 2.71. The molecule has 0 spiro atoms. The van der Waals surface area contributed by atoms with Gasteiger partial charge in [0, 0.05) is 46.8 Å². The lowest BCUT2D eigenvalue weighted by atomic mass is 10.1. The van der Waals surface area contributed by atoms with Crippen LogP contribution in [0.25, 0.3) is 0 Å². The number of hydrogen-bond donors (Lipinski definition) is 0. The molecule has 0 atom stereocenters. The Morgan fingerprint density at radius 2 is 1.73 bits per heavy atom. The normalized spacial score (nSPS) is 14.7. The number of carbonyl (C=O) groups is 1. The van der Waals surface area contributed by atoms with Crippen LogP contribution in [-0.2, 0) is 11.3 Å². The van der Waals surface area contributed by atoms with Gasteiger partial charge in [0.05, 0.1) is 6.54 Å². The summed E-state index contributed by atoms with van der Waals surface area (Å²) in [5.41, 5.74) is 2.15. The van der Waals surface area contributed by atoms with Gasteiger partial charge in [0.15, 0.2) is 5.96 Å². The zero-order valence-electron chi connectivity index (χ0n) is 14.0. The summed E-state index contributed by atoms with van der Waals surface area (Å²) in [5, 5.41) is 0. The van der Waals surface area contributed by atoms with Crippen LogP contribution in [0, 0.1) is 0 Å². The van der Waals surface area contributed by atoms with E-state index in [-0.39, 0.29) is 5.91 Å². The highest BCUT2D eigenvalue weighted by atomic mass is 16.2. The van der Waals surface area contributed by atoms with Crippen LogP contribution < -0.4 is 4.90 Å². The molecule has 1 heterocycles. The van der Waals surface area contributed by atoms with E-state index < -0.39 is 0 Å². The maximum atomic E-state index is 11.9. The Kier molecular flexibility index (Phi) is 5.41. The number of hydrogen-bond acceptors (Lipinski definition) is 2. The molecule has 1 aromatic carbocycles. The Morgan fingerprint density at radius 3 is 2.27 bits per heavy atom. The van der Waals surface area contributed by atoms with Crippen molar-refractivity contribution in [1.82, 2.24) is 9.80 Å². The Balaban J connectivity index is 2.05. The minimum Gasteiger partial charge on any atom is -0.349 e. The van der Waals surface area contributed by atoms with Crippen LogP contribution in [0.15, 0.2) is 29.3 Å². The largest absolute Gasteiger partial charge is 0.349 e. The third kappa shape index (κ3) is 4.00. The Hall–Kier alpha value is -2.04. The first-order chi connectivity index (χ1) is 10.5. The standard InChI is InChI=1S/C17H26N4O/c1-19(2)17(20(3)4)18-13-14-8-10-15(11-9-14)21-12-6-5-7-16(21)22/h8-11H,5-7,12-13H2,1-4H3. The van der Waals surface area contributed by atoms with E-state index in [4.69, 9.17) is 0 Å². The highest BCUT2D eigenvalue weighted by molar-refractivity contribution is 5.93. The maximum Gasteiger partial charge on any atom is 0.226 e. The van der Waals surface area contributed by atoms with Gasteiger partial charge in [-0.15, -0.1) is 0 Å². The summed E-state index contributed by atoms with van der Waals surface area (Å²) < 4.78 is 0. The van der Waals surface area contributed by atoms with E-state index in [2.05, 4.69) is 17.1 Å². The van der Waals surface area contributed by atoms with Crippen LogP contribution in [0.5, 0.6) is 0 Å². The van der Waals surface area contributed by atoms with Crippen LogP contribution in [0.2, 0.25) is 0 Å². The molecule has 1 amide bonds. The molecule has 5 heteroatoms. The Morgan fingerprint density at radius 1 is 1.09 bits per heavy atom. The summed E-state index contributed by atoms with van der Waals surface area (Å²) in [4.78, 5) is 22.5. The predicted molar refractivity (Wildman–Crippen MR) is 91.2 cm³/mol. The third-order valence-corrected chi connectivity index (χ3v) is 3.77. The van der Waals surface area contributed by atoms with E-state index in [0.29, 0.717) is 13.0 Å². The number of nitrogens with zero attached hydrogens (tertiary/aromatic N) is 4. The number of guanidine groups is 1. The minimum absolute atomic E-state index is 0.236. The number of piperidine rings is 1. The van der Waals surface area contributed by atoms with Crippen LogP contribution >= 0.6 is 0 Å². The summed E-state index contributed by atoms with van der Waals surface area (Å²) in [5.74, 6) is 1.18. The van der Waals surface area contributed by atoms with Gasteiger partial charge in [-0.3, -0.25) is 4.79 Å². The highest BCUT2D eigenvalue weighted by Gasteiger charge is 2.19. The van der Waals surface area contributed by atoms with Crippen molar-refractivity contribution >= 4 is 17.6 Å². The van der Waals surface area contributed by atoms with Crippen molar-refractivity contribution in [3.8, 4) is 0 Å². The summed E-state index contributed by atoms with van der Waals surface area (Å²) in [6.45, 7) is 1.47. The molecule has 0 aliphatic carbocycles. The molecule has 1 aliphatic heterocycles. The van der Waals surface area contributed by atoms with Gasteiger partial charge in [-0.25, -0.2) is 4.99 Å². The molecule has 120 valence electrons. The molecule has 0 unspecified atom stereocenters. The third-order valence-electron chi connectivity index (χ3n) is 3.77. The van der Waals surface area contributed by atoms with Crippen LogP contribution in [0.3, 0.4) is 0 Å². The van der Waals surface area contributed by atoms with Crippen LogP contribution in [-0.4, -0.2) is 56.4 Å². The lowest BCUT2D eigenvalue weighted by molar-refractivity contribution is -0.119. The molecule has 22 heavy (non-hydrogen) atoms. The molecule has 1 saturated heterocycles. The molecule has 0 N–H and O–H groups in total. The topological polar surface area (TPSA) is 39.1 Å². The quantitative estimate of drug-likeness (QED) is 0.634. The van der Waals surface area contributed by atoms with E-state index in [1.165, 1.54) is 0 Å². The Bertz CT molecular complexity index is 524. The van der Waals surface area contributed by atoms with Crippen LogP contribution in [0.1, 0.15) is 24.8 Å². The number of rotatable bonds is 3. The fraction of sp³-hybridized carbons (Fsp3) is 0.529. The van der Waals surface area contributed by atoms with Crippen molar-refractivity contribution in [1.29, 1.82) is 0 Å². The molecule has 0 bridgehead atoms. The second kappa shape index (κ2) is 7.29. The molecule has 0 radical (unpaired) electrons. The van der Waals surface area contributed by atoms with Crippen molar-refractivity contribution < 1.29 is 4.79 Å². The lowest BCUT2D eigenvalue weighted by Gasteiger charge is -2.27. The molecule has 1 aliphatic rings. The van der Waals surface area contributed by atoms with Gasteiger partial charge < -0.3 is 14.7 Å². The molecule has 1 aromatic rings. The van der Waals surface area contributed by atoms with Gasteiger partial charge in [0.25, 0.3) is 0 Å². The highest BCUT2D eigenvalue weighted by Crippen LogP contribution is 2.21. The van der Waals surface area contributed by atoms with Crippen molar-refractivity contribution in [2.75, 3.05) is 39.6 Å². The smallest absolute Gasteiger partial charge is 0.226 e. The molecule has 1 fully saturated rings. The van der Waals surface area contributed by atoms with E-state index >= 15 is 0 Å². The summed E-state index contributed by atoms with van der Waals surface area (Å²) in [6.07, 6.45) is 2.77. The maximum absolute atomic E-state index is 11.9. The van der Waals surface area contributed by atoms with Gasteiger partial charge in [0.2, 0.25) is 5.91 Å². The van der Waals surface area contributed by atoms with Gasteiger partial charge in [-0.05, 0) is 30.5 Å². The Labute approximate surface area is 133 Å². The molecule has 5 nitrogen and oxygen atoms in total. The average molecular weight is 302 g/mol. The predicted octanol–water partition coefficient (Wildman–Crippen LogP) is 2.18. The van der Waals surface area contributed by atoms with Crippen molar-refractivity contribution in [2.45, 2.75) is 25.8 Å². The number of benzene rings is 1. The van der Waals surface area contributed by atoms with E-state index in [0.717, 1.165) is 36.6 Å². The zero-order valence-corrected chi connectivity index (χ0v) is 14.0. The van der Waals surface area contributed by atoms with Gasteiger partial charge in [0.1, 0.15) is 0 Å². The number of aliphatic imine (C=N–C) groups is 1. The summed E-state index contributed by atoms with van der Waals surface area (Å²) in [6, 6.07) is 8.17. The molecule has 0 saturated carbocycles. The first kappa shape index (κ1) is 16.3. The van der Waals surface area contributed by atoms with Crippen LogP contribution in [0.4, 0.5) is 5.69 Å². The van der Waals surface area contributed by atoms with E-state index in [9.17, 15) is 4.79 Å². The number of anilines is 1. The van der Waals surface area contributed by atoms with Crippen molar-refractivity contribution in [3.63, 3.8) is 0 Å². The molecule has 2 rings (SSSR count). The van der Waals surface area contributed by atoms with Gasteiger partial charge >= 0.3 is 0 Å². The van der Waals surface area contributed by atoms with Crippen molar-refractivity contribution in [2.24, 2.45) is 4.99 Å². The van der Waals surface area contributed by atoms with Crippen molar-refractivity contribution in [3.05, 3.63) is 29.8 Å². The minimum atomic E-state index is 0.236. The second-order valence-electron chi connectivity index (χ2n) is 6.07. The molecular weight excluding hydrogens is 276 g/mol. The molecule has 0 aromatic heterocycles. The zero-order chi connectivity index (χ0) is 16.1. The van der Waals surface area contributed by atoms with E-state index in [1.54, 1.807) is 0 Å². The van der Waals surface area contributed by atoms with Gasteiger partial charge in [-0.2, -0.15) is 0 Å². The summed E-state index contributed by atoms with van der Waals surface area (Å²) >= 11 is 0. The second-order valence-corrected chi connectivity index (χ2v) is 6.07. The SMILES string of the molecule is CN(C)C(=NCc1ccc(N2CCCCC2=O)cc1)N(C)C. The lowest BCUT2D eigenvalue weighted by Crippen LogP contribution is -2.35. The summed E-state index contributed by atoms with van der Waals surface area (Å²) in [7, 11) is 7.96. The first-order valence-corrected chi connectivity index (χ1v) is 7.77. The fourth-order valence-electron chi connectivity index (χ4n) is 2.71. The number of carbonyl (C=O) groups excluding carboxylic acids is 1. The first-order valence-electron chi connectivity index (χ1n) is 7.77. The number of amides is 1. The monoisotopic (exact) mass is 302 g/mol. The molecular formula is C17H26N4O. The van der Waals surface area contributed by atoms with E-state index in [1.807, 2.05) is 55.0 Å². The average Bonchev–Trinajstić information content (AvgIpc) is 2.48. The van der Waals surface area contributed by atoms with Gasteiger partial charge in [-0.1, -0.05) is 12.1 Å².